The van der Waals surface area contributed by atoms with Gasteiger partial charge in [0, 0.05) is 26.1 Å². The summed E-state index contributed by atoms with van der Waals surface area (Å²) in [4.78, 5) is 10.7. The third kappa shape index (κ3) is 3.57. The van der Waals surface area contributed by atoms with Crippen molar-refractivity contribution in [3.05, 3.63) is 12.4 Å². The lowest BCUT2D eigenvalue weighted by Crippen LogP contribution is -2.26. The largest absolute Gasteiger partial charge is 0.474 e. The molecule has 0 radical (unpaired) electrons. The van der Waals surface area contributed by atoms with Gasteiger partial charge < -0.3 is 14.4 Å². The van der Waals surface area contributed by atoms with Crippen LogP contribution in [0.1, 0.15) is 20.3 Å². The summed E-state index contributed by atoms with van der Waals surface area (Å²) in [6.07, 6.45) is 4.65. The van der Waals surface area contributed by atoms with Gasteiger partial charge in [-0.1, -0.05) is 0 Å². The SMILES string of the molecule is CC(C)Oc1cncc(N(C)CC2CCOC2)n1. The highest BCUT2D eigenvalue weighted by molar-refractivity contribution is 5.36. The predicted molar refractivity (Wildman–Crippen MR) is 70.0 cm³/mol. The van der Waals surface area contributed by atoms with Crippen molar-refractivity contribution in [3.8, 4) is 5.88 Å². The van der Waals surface area contributed by atoms with Gasteiger partial charge in [0.2, 0.25) is 5.88 Å². The Bertz CT molecular complexity index is 378. The van der Waals surface area contributed by atoms with Crippen LogP contribution in [0.25, 0.3) is 0 Å². The number of anilines is 1. The van der Waals surface area contributed by atoms with Gasteiger partial charge in [0.15, 0.2) is 5.82 Å². The van der Waals surface area contributed by atoms with Crippen molar-refractivity contribution in [1.29, 1.82) is 0 Å². The van der Waals surface area contributed by atoms with Gasteiger partial charge in [-0.3, -0.25) is 4.98 Å². The van der Waals surface area contributed by atoms with E-state index in [1.165, 1.54) is 0 Å². The van der Waals surface area contributed by atoms with E-state index in [-0.39, 0.29) is 6.10 Å². The Morgan fingerprint density at radius 3 is 3.00 bits per heavy atom. The highest BCUT2D eigenvalue weighted by Gasteiger charge is 2.18. The molecule has 1 fully saturated rings. The van der Waals surface area contributed by atoms with Gasteiger partial charge in [0.1, 0.15) is 0 Å². The van der Waals surface area contributed by atoms with Gasteiger partial charge in [-0.2, -0.15) is 4.98 Å². The third-order valence-electron chi connectivity index (χ3n) is 2.90. The summed E-state index contributed by atoms with van der Waals surface area (Å²) in [5, 5.41) is 0. The highest BCUT2D eigenvalue weighted by Crippen LogP contribution is 2.18. The maximum atomic E-state index is 5.55. The monoisotopic (exact) mass is 251 g/mol. The molecule has 1 aromatic heterocycles. The van der Waals surface area contributed by atoms with Crippen molar-refractivity contribution >= 4 is 5.82 Å². The maximum absolute atomic E-state index is 5.55. The van der Waals surface area contributed by atoms with Crippen LogP contribution in [-0.2, 0) is 4.74 Å². The molecule has 18 heavy (non-hydrogen) atoms. The van der Waals surface area contributed by atoms with Crippen molar-refractivity contribution in [1.82, 2.24) is 9.97 Å². The fourth-order valence-electron chi connectivity index (χ4n) is 2.03. The van der Waals surface area contributed by atoms with Gasteiger partial charge >= 0.3 is 0 Å². The van der Waals surface area contributed by atoms with Gasteiger partial charge in [0.25, 0.3) is 0 Å². The van der Waals surface area contributed by atoms with Crippen LogP contribution in [0, 0.1) is 5.92 Å². The first-order valence-electron chi connectivity index (χ1n) is 6.42. The topological polar surface area (TPSA) is 47.5 Å². The molecule has 100 valence electrons. The molecule has 0 saturated carbocycles. The second kappa shape index (κ2) is 6.00. The second-order valence-corrected chi connectivity index (χ2v) is 4.99. The molecular formula is C13H21N3O2. The molecule has 1 saturated heterocycles. The first-order chi connectivity index (χ1) is 8.65. The van der Waals surface area contributed by atoms with E-state index in [4.69, 9.17) is 9.47 Å². The van der Waals surface area contributed by atoms with E-state index >= 15 is 0 Å². The van der Waals surface area contributed by atoms with E-state index in [0.29, 0.717) is 11.8 Å². The van der Waals surface area contributed by atoms with E-state index in [2.05, 4.69) is 14.9 Å². The number of rotatable bonds is 5. The molecule has 0 aromatic carbocycles. The fraction of sp³-hybridized carbons (Fsp3) is 0.692. The fourth-order valence-corrected chi connectivity index (χ4v) is 2.03. The number of hydrogen-bond donors (Lipinski definition) is 0. The summed E-state index contributed by atoms with van der Waals surface area (Å²) < 4.78 is 10.9. The molecule has 1 aromatic rings. The van der Waals surface area contributed by atoms with Gasteiger partial charge in [-0.05, 0) is 20.3 Å². The number of ether oxygens (including phenoxy) is 2. The molecule has 5 nitrogen and oxygen atoms in total. The number of aromatic nitrogens is 2. The average Bonchev–Trinajstić information content (AvgIpc) is 2.81. The standard InChI is InChI=1S/C13H21N3O2/c1-10(2)18-13-7-14-6-12(15-13)16(3)8-11-4-5-17-9-11/h6-7,10-11H,4-5,8-9H2,1-3H3. The average molecular weight is 251 g/mol. The summed E-state index contributed by atoms with van der Waals surface area (Å²) in [5.74, 6) is 2.02. The summed E-state index contributed by atoms with van der Waals surface area (Å²) in [7, 11) is 2.03. The lowest BCUT2D eigenvalue weighted by molar-refractivity contribution is 0.186. The maximum Gasteiger partial charge on any atom is 0.234 e. The molecule has 0 aliphatic carbocycles. The van der Waals surface area contributed by atoms with Crippen LogP contribution in [0.3, 0.4) is 0 Å². The third-order valence-corrected chi connectivity index (χ3v) is 2.90. The van der Waals surface area contributed by atoms with Crippen LogP contribution >= 0.6 is 0 Å². The first kappa shape index (κ1) is 13.1. The zero-order chi connectivity index (χ0) is 13.0. The molecule has 2 heterocycles. The molecule has 0 amide bonds. The Balaban J connectivity index is 1.98. The Morgan fingerprint density at radius 1 is 1.50 bits per heavy atom. The van der Waals surface area contributed by atoms with E-state index in [1.54, 1.807) is 12.4 Å². The molecule has 1 aliphatic rings. The summed E-state index contributed by atoms with van der Waals surface area (Å²) >= 11 is 0. The Hall–Kier alpha value is -1.36. The Kier molecular flexibility index (Phi) is 4.36. The summed E-state index contributed by atoms with van der Waals surface area (Å²) in [6.45, 7) is 6.63. The Morgan fingerprint density at radius 2 is 2.33 bits per heavy atom. The zero-order valence-electron chi connectivity index (χ0n) is 11.3. The van der Waals surface area contributed by atoms with Crippen LogP contribution in [0.4, 0.5) is 5.82 Å². The Labute approximate surface area is 108 Å². The van der Waals surface area contributed by atoms with Crippen LogP contribution in [0.2, 0.25) is 0 Å². The number of nitrogens with zero attached hydrogens (tertiary/aromatic N) is 3. The highest BCUT2D eigenvalue weighted by atomic mass is 16.5. The normalized spacial score (nSPS) is 19.2. The van der Waals surface area contributed by atoms with Crippen molar-refractivity contribution in [2.75, 3.05) is 31.7 Å². The van der Waals surface area contributed by atoms with Crippen molar-refractivity contribution < 1.29 is 9.47 Å². The van der Waals surface area contributed by atoms with Gasteiger partial charge in [0.05, 0.1) is 25.1 Å². The van der Waals surface area contributed by atoms with Crippen molar-refractivity contribution in [2.24, 2.45) is 5.92 Å². The van der Waals surface area contributed by atoms with Crippen LogP contribution in [0.15, 0.2) is 12.4 Å². The summed E-state index contributed by atoms with van der Waals surface area (Å²) in [6, 6.07) is 0. The first-order valence-corrected chi connectivity index (χ1v) is 6.42. The minimum Gasteiger partial charge on any atom is -0.474 e. The smallest absolute Gasteiger partial charge is 0.234 e. The molecule has 5 heteroatoms. The van der Waals surface area contributed by atoms with E-state index in [1.807, 2.05) is 20.9 Å². The molecular weight excluding hydrogens is 230 g/mol. The lowest BCUT2D eigenvalue weighted by atomic mass is 10.1. The molecule has 2 rings (SSSR count). The van der Waals surface area contributed by atoms with Crippen molar-refractivity contribution in [2.45, 2.75) is 26.4 Å². The molecule has 0 N–H and O–H groups in total. The minimum atomic E-state index is 0.114. The lowest BCUT2D eigenvalue weighted by Gasteiger charge is -2.21. The summed E-state index contributed by atoms with van der Waals surface area (Å²) in [5.41, 5.74) is 0. The second-order valence-electron chi connectivity index (χ2n) is 4.99. The molecule has 1 unspecified atom stereocenters. The van der Waals surface area contributed by atoms with Crippen LogP contribution in [0.5, 0.6) is 5.88 Å². The zero-order valence-corrected chi connectivity index (χ0v) is 11.3. The quantitative estimate of drug-likeness (QED) is 0.797. The predicted octanol–water partition coefficient (Wildman–Crippen LogP) is 1.74. The van der Waals surface area contributed by atoms with Crippen molar-refractivity contribution in [3.63, 3.8) is 0 Å². The minimum absolute atomic E-state index is 0.114. The molecule has 0 spiro atoms. The molecule has 1 aliphatic heterocycles. The van der Waals surface area contributed by atoms with E-state index in [0.717, 1.165) is 32.0 Å². The van der Waals surface area contributed by atoms with Gasteiger partial charge in [-0.15, -0.1) is 0 Å². The van der Waals surface area contributed by atoms with Gasteiger partial charge in [-0.25, -0.2) is 0 Å². The van der Waals surface area contributed by atoms with Crippen LogP contribution in [-0.4, -0.2) is 42.9 Å². The van der Waals surface area contributed by atoms with E-state index in [9.17, 15) is 0 Å². The van der Waals surface area contributed by atoms with Crippen LogP contribution < -0.4 is 9.64 Å². The number of hydrogen-bond acceptors (Lipinski definition) is 5. The molecule has 0 bridgehead atoms. The van der Waals surface area contributed by atoms with E-state index < -0.39 is 0 Å². The molecule has 1 atom stereocenters.